The van der Waals surface area contributed by atoms with E-state index in [1.54, 1.807) is 11.8 Å². The van der Waals surface area contributed by atoms with Crippen molar-refractivity contribution < 1.29 is 27.5 Å². The van der Waals surface area contributed by atoms with Gasteiger partial charge in [0, 0.05) is 12.4 Å². The summed E-state index contributed by atoms with van der Waals surface area (Å²) in [7, 11) is 0. The topological polar surface area (TPSA) is 71.8 Å². The summed E-state index contributed by atoms with van der Waals surface area (Å²) < 4.78 is 0. The Balaban J connectivity index is 0. The molecule has 0 aromatic rings. The van der Waals surface area contributed by atoms with Crippen LogP contribution in [-0.4, -0.2) is 22.6 Å². The van der Waals surface area contributed by atoms with Gasteiger partial charge in [-0.2, -0.15) is 0 Å². The first-order valence-electron chi connectivity index (χ1n) is 5.39. The highest BCUT2D eigenvalue weighted by molar-refractivity contribution is 8.13. The number of aliphatic hydroxyl groups excluding tert-OH is 1. The van der Waals surface area contributed by atoms with Gasteiger partial charge >= 0.3 is 0 Å². The largest absolute Gasteiger partial charge is 1.00 e. The molecule has 0 aliphatic heterocycles. The minimum atomic E-state index is 0. The van der Waals surface area contributed by atoms with E-state index in [9.17, 15) is 0 Å². The van der Waals surface area contributed by atoms with Gasteiger partial charge in [-0.3, -0.25) is 11.1 Å². The van der Waals surface area contributed by atoms with Gasteiger partial charge in [-0.05, 0) is 24.6 Å². The van der Waals surface area contributed by atoms with Crippen molar-refractivity contribution in [3.05, 3.63) is 0 Å². The average Bonchev–Trinajstić information content (AvgIpc) is 2.15. The van der Waals surface area contributed by atoms with Crippen LogP contribution >= 0.6 is 11.8 Å². The number of halogens is 1. The zero-order valence-electron chi connectivity index (χ0n) is 9.25. The first-order valence-corrected chi connectivity index (χ1v) is 6.37. The van der Waals surface area contributed by atoms with Crippen molar-refractivity contribution in [2.24, 2.45) is 5.73 Å². The van der Waals surface area contributed by atoms with E-state index in [4.69, 9.17) is 16.2 Å². The second-order valence-electron chi connectivity index (χ2n) is 3.45. The Kier molecular flexibility index (Phi) is 16.8. The van der Waals surface area contributed by atoms with Crippen molar-refractivity contribution in [3.63, 3.8) is 0 Å². The number of amidine groups is 1. The van der Waals surface area contributed by atoms with Crippen molar-refractivity contribution >= 4 is 16.9 Å². The molecule has 5 N–H and O–H groups in total. The van der Waals surface area contributed by atoms with Crippen LogP contribution in [0.3, 0.4) is 0 Å². The zero-order chi connectivity index (χ0) is 10.6. The Labute approximate surface area is 107 Å². The Hall–Kier alpha value is 0.260. The lowest BCUT2D eigenvalue weighted by atomic mass is 10.1. The molecule has 0 aromatic carbocycles. The predicted molar refractivity (Wildman–Crippen MR) is 63.0 cm³/mol. The zero-order valence-corrected chi connectivity index (χ0v) is 11.7. The number of unbranched alkanes of at least 4 members (excludes halogenated alkanes) is 6. The molecule has 0 atom stereocenters. The fourth-order valence-electron chi connectivity index (χ4n) is 1.29. The fourth-order valence-corrected chi connectivity index (χ4v) is 1.87. The van der Waals surface area contributed by atoms with Gasteiger partial charge in [0.05, 0.1) is 0 Å². The van der Waals surface area contributed by atoms with E-state index in [1.807, 2.05) is 0 Å². The third kappa shape index (κ3) is 16.9. The summed E-state index contributed by atoms with van der Waals surface area (Å²) in [5.74, 6) is 1.04. The molecule has 0 amide bonds. The van der Waals surface area contributed by atoms with Crippen LogP contribution in [0.4, 0.5) is 0 Å². The minimum absolute atomic E-state index is 0. The van der Waals surface area contributed by atoms with Crippen LogP contribution in [0.25, 0.3) is 0 Å². The van der Waals surface area contributed by atoms with Crippen LogP contribution in [0, 0.1) is 0 Å². The first-order chi connectivity index (χ1) is 6.77. The summed E-state index contributed by atoms with van der Waals surface area (Å²) >= 11 is 1.54. The Morgan fingerprint density at radius 3 is 1.93 bits per heavy atom. The van der Waals surface area contributed by atoms with Crippen LogP contribution < -0.4 is 28.1 Å². The third-order valence-electron chi connectivity index (χ3n) is 2.07. The van der Waals surface area contributed by atoms with E-state index >= 15 is 0 Å². The summed E-state index contributed by atoms with van der Waals surface area (Å²) in [6, 6.07) is 0. The molecule has 0 radical (unpaired) electrons. The van der Waals surface area contributed by atoms with E-state index in [0.717, 1.165) is 18.6 Å². The summed E-state index contributed by atoms with van der Waals surface area (Å²) in [4.78, 5) is 0. The number of nitrogens with two attached hydrogens (primary N) is 2. The second-order valence-corrected chi connectivity index (χ2v) is 4.62. The molecular formula is C10H23BrN2OS. The molecule has 5 heteroatoms. The van der Waals surface area contributed by atoms with Crippen LogP contribution in [0.15, 0.2) is 0 Å². The number of hydrogen-bond donors (Lipinski definition) is 3. The van der Waals surface area contributed by atoms with Crippen LogP contribution in [-0.2, 0) is 0 Å². The second kappa shape index (κ2) is 14.3. The van der Waals surface area contributed by atoms with Crippen LogP contribution in [0.2, 0.25) is 0 Å². The summed E-state index contributed by atoms with van der Waals surface area (Å²) in [5.41, 5.74) is 5.32. The van der Waals surface area contributed by atoms with Crippen molar-refractivity contribution in [2.75, 3.05) is 12.4 Å². The summed E-state index contributed by atoms with van der Waals surface area (Å²) in [5, 5.41) is 14.4. The molecule has 0 aliphatic carbocycles. The number of hydrogen-bond acceptors (Lipinski definition) is 2. The van der Waals surface area contributed by atoms with E-state index in [-0.39, 0.29) is 17.0 Å². The van der Waals surface area contributed by atoms with E-state index < -0.39 is 0 Å². The van der Waals surface area contributed by atoms with Gasteiger partial charge in [0.25, 0.3) is 5.17 Å². The van der Waals surface area contributed by atoms with Crippen LogP contribution in [0.1, 0.15) is 44.9 Å². The van der Waals surface area contributed by atoms with Gasteiger partial charge in [-0.25, -0.2) is 0 Å². The average molecular weight is 299 g/mol. The summed E-state index contributed by atoms with van der Waals surface area (Å²) in [6.07, 6.45) is 8.40. The van der Waals surface area contributed by atoms with Crippen molar-refractivity contribution in [1.29, 1.82) is 0 Å². The molecule has 0 heterocycles. The van der Waals surface area contributed by atoms with Gasteiger partial charge in [0.15, 0.2) is 0 Å². The van der Waals surface area contributed by atoms with Crippen LogP contribution in [0.5, 0.6) is 0 Å². The Morgan fingerprint density at radius 2 is 1.47 bits per heavy atom. The molecule has 0 aromatic heterocycles. The van der Waals surface area contributed by atoms with Gasteiger partial charge < -0.3 is 22.1 Å². The lowest BCUT2D eigenvalue weighted by Gasteiger charge is -1.99. The van der Waals surface area contributed by atoms with Crippen molar-refractivity contribution in [3.8, 4) is 0 Å². The minimum Gasteiger partial charge on any atom is -1.00 e. The molecular weight excluding hydrogens is 276 g/mol. The molecule has 0 aliphatic rings. The smallest absolute Gasteiger partial charge is 0.299 e. The molecule has 0 saturated carbocycles. The maximum Gasteiger partial charge on any atom is 0.299 e. The molecule has 0 fully saturated rings. The maximum absolute atomic E-state index is 8.56. The molecule has 0 rings (SSSR count). The number of rotatable bonds is 9. The molecule has 3 nitrogen and oxygen atoms in total. The molecule has 0 bridgehead atoms. The molecule has 0 unspecified atom stereocenters. The molecule has 0 spiro atoms. The molecule has 15 heavy (non-hydrogen) atoms. The van der Waals surface area contributed by atoms with Gasteiger partial charge in [-0.1, -0.05) is 32.1 Å². The highest BCUT2D eigenvalue weighted by Crippen LogP contribution is 2.09. The molecule has 0 saturated heterocycles. The Bertz CT molecular complexity index is 147. The van der Waals surface area contributed by atoms with Crippen molar-refractivity contribution in [2.45, 2.75) is 44.9 Å². The monoisotopic (exact) mass is 298 g/mol. The number of aliphatic hydroxyl groups is 1. The SMILES string of the molecule is NC(=[NH2+])SCCCCCCCCCO.[Br-]. The highest BCUT2D eigenvalue weighted by Gasteiger charge is 1.96. The first kappa shape index (κ1) is 17.6. The lowest BCUT2D eigenvalue weighted by molar-refractivity contribution is -0.110. The van der Waals surface area contributed by atoms with Gasteiger partial charge in [0.1, 0.15) is 0 Å². The Morgan fingerprint density at radius 1 is 1.00 bits per heavy atom. The van der Waals surface area contributed by atoms with E-state index in [1.165, 1.54) is 32.1 Å². The molecule has 92 valence electrons. The predicted octanol–water partition coefficient (Wildman–Crippen LogP) is -2.48. The van der Waals surface area contributed by atoms with Crippen molar-refractivity contribution in [1.82, 2.24) is 0 Å². The highest BCUT2D eigenvalue weighted by atomic mass is 79.9. The lowest BCUT2D eigenvalue weighted by Crippen LogP contribution is -3.00. The quantitative estimate of drug-likeness (QED) is 0.251. The van der Waals surface area contributed by atoms with E-state index in [0.29, 0.717) is 11.8 Å². The fraction of sp³-hybridized carbons (Fsp3) is 0.900. The number of thioether (sulfide) groups is 1. The van der Waals surface area contributed by atoms with Gasteiger partial charge in [-0.15, -0.1) is 0 Å². The standard InChI is InChI=1S/C10H22N2OS.BrH/c11-10(12)14-9-7-5-3-1-2-4-6-8-13;/h13H,1-9H2,(H3,11,12);1H. The van der Waals surface area contributed by atoms with Gasteiger partial charge in [0.2, 0.25) is 0 Å². The summed E-state index contributed by atoms with van der Waals surface area (Å²) in [6.45, 7) is 0.336. The maximum atomic E-state index is 8.56. The van der Waals surface area contributed by atoms with E-state index in [2.05, 4.69) is 0 Å². The third-order valence-corrected chi connectivity index (χ3v) is 2.90. The normalized spacial score (nSPS) is 9.67.